The molecule has 0 spiro atoms. The Morgan fingerprint density at radius 2 is 1.85 bits per heavy atom. The summed E-state index contributed by atoms with van der Waals surface area (Å²) >= 11 is 0. The second-order valence-corrected chi connectivity index (χ2v) is 7.20. The Morgan fingerprint density at radius 1 is 1.10 bits per heavy atom. The van der Waals surface area contributed by atoms with Crippen molar-refractivity contribution >= 4 is 0 Å². The lowest BCUT2D eigenvalue weighted by atomic mass is 9.98. The summed E-state index contributed by atoms with van der Waals surface area (Å²) in [6.07, 6.45) is 8.27. The number of nitrogens with one attached hydrogen (secondary N) is 1. The van der Waals surface area contributed by atoms with Gasteiger partial charge in [0.25, 0.3) is 0 Å². The normalized spacial score (nSPS) is 32.8. The smallest absolute Gasteiger partial charge is 0.0233 e. The largest absolute Gasteiger partial charge is 0.311 e. The molecule has 0 aromatic heterocycles. The van der Waals surface area contributed by atoms with Crippen LogP contribution >= 0.6 is 0 Å². The number of piperidine rings is 1. The summed E-state index contributed by atoms with van der Waals surface area (Å²) in [4.78, 5) is 2.60. The van der Waals surface area contributed by atoms with E-state index in [1.54, 1.807) is 5.56 Å². The zero-order chi connectivity index (χ0) is 13.5. The van der Waals surface area contributed by atoms with E-state index in [4.69, 9.17) is 0 Å². The van der Waals surface area contributed by atoms with Crippen LogP contribution in [-0.4, -0.2) is 30.1 Å². The molecule has 3 fully saturated rings. The minimum absolute atomic E-state index is 0.776. The monoisotopic (exact) mass is 270 g/mol. The summed E-state index contributed by atoms with van der Waals surface area (Å²) in [5.74, 6) is 0.870. The minimum Gasteiger partial charge on any atom is -0.311 e. The lowest BCUT2D eigenvalue weighted by Crippen LogP contribution is -2.46. The molecule has 1 aromatic rings. The number of nitrogens with zero attached hydrogens (tertiary/aromatic N) is 1. The molecule has 2 heteroatoms. The topological polar surface area (TPSA) is 15.3 Å². The second kappa shape index (κ2) is 5.16. The van der Waals surface area contributed by atoms with Crippen LogP contribution in [0.1, 0.15) is 55.6 Å². The minimum atomic E-state index is 0.776. The van der Waals surface area contributed by atoms with Crippen molar-refractivity contribution in [1.29, 1.82) is 0 Å². The predicted octanol–water partition coefficient (Wildman–Crippen LogP) is 3.28. The number of hydrogen-bond donors (Lipinski definition) is 1. The second-order valence-electron chi connectivity index (χ2n) is 7.20. The molecular formula is C18H26N2. The van der Waals surface area contributed by atoms with Gasteiger partial charge in [-0.3, -0.25) is 4.90 Å². The van der Waals surface area contributed by atoms with Gasteiger partial charge in [0.1, 0.15) is 0 Å². The Bertz CT molecular complexity index is 468. The van der Waals surface area contributed by atoms with E-state index in [9.17, 15) is 0 Å². The molecule has 2 aliphatic heterocycles. The van der Waals surface area contributed by atoms with E-state index in [0.29, 0.717) is 0 Å². The van der Waals surface area contributed by atoms with Crippen molar-refractivity contribution < 1.29 is 0 Å². The van der Waals surface area contributed by atoms with Crippen molar-refractivity contribution in [2.45, 2.75) is 69.1 Å². The summed E-state index contributed by atoms with van der Waals surface area (Å²) in [6, 6.07) is 11.7. The molecule has 2 saturated heterocycles. The zero-order valence-corrected chi connectivity index (χ0v) is 12.5. The van der Waals surface area contributed by atoms with Crippen LogP contribution in [0.4, 0.5) is 0 Å². The third-order valence-electron chi connectivity index (χ3n) is 5.50. The molecule has 1 aliphatic carbocycles. The summed E-state index contributed by atoms with van der Waals surface area (Å²) in [5, 5.41) is 3.74. The number of hydrogen-bond acceptors (Lipinski definition) is 2. The fourth-order valence-electron chi connectivity index (χ4n) is 4.17. The van der Waals surface area contributed by atoms with Crippen LogP contribution < -0.4 is 5.32 Å². The number of rotatable bonds is 4. The Morgan fingerprint density at radius 3 is 2.55 bits per heavy atom. The first kappa shape index (κ1) is 12.8. The highest BCUT2D eigenvalue weighted by molar-refractivity contribution is 5.29. The number of fused-ring (bicyclic) bond motifs is 2. The van der Waals surface area contributed by atoms with E-state index < -0.39 is 0 Å². The van der Waals surface area contributed by atoms with Gasteiger partial charge in [0, 0.05) is 24.7 Å². The summed E-state index contributed by atoms with van der Waals surface area (Å²) in [6.45, 7) is 1.12. The van der Waals surface area contributed by atoms with Crippen LogP contribution in [0.15, 0.2) is 24.3 Å². The average Bonchev–Trinajstić information content (AvgIpc) is 3.25. The lowest BCUT2D eigenvalue weighted by Gasteiger charge is -2.35. The summed E-state index contributed by atoms with van der Waals surface area (Å²) in [5.41, 5.74) is 3.07. The SMILES string of the molecule is CN(Cc1cccc(C2CC2)c1)C1CC2CCC(C1)N2. The fraction of sp³-hybridized carbons (Fsp3) is 0.667. The Balaban J connectivity index is 1.41. The van der Waals surface area contributed by atoms with Gasteiger partial charge in [-0.25, -0.2) is 0 Å². The maximum absolute atomic E-state index is 3.74. The lowest BCUT2D eigenvalue weighted by molar-refractivity contribution is 0.166. The van der Waals surface area contributed by atoms with Crippen molar-refractivity contribution in [1.82, 2.24) is 10.2 Å². The Kier molecular flexibility index (Phi) is 3.31. The third-order valence-corrected chi connectivity index (χ3v) is 5.50. The van der Waals surface area contributed by atoms with E-state index in [1.807, 2.05) is 0 Å². The zero-order valence-electron chi connectivity index (χ0n) is 12.5. The molecule has 2 unspecified atom stereocenters. The average molecular weight is 270 g/mol. The molecule has 2 bridgehead atoms. The van der Waals surface area contributed by atoms with Crippen LogP contribution in [0, 0.1) is 0 Å². The molecule has 1 N–H and O–H groups in total. The summed E-state index contributed by atoms with van der Waals surface area (Å²) < 4.78 is 0. The Labute approximate surface area is 122 Å². The molecule has 0 radical (unpaired) electrons. The van der Waals surface area contributed by atoms with Gasteiger partial charge in [0.2, 0.25) is 0 Å². The Hall–Kier alpha value is -0.860. The van der Waals surface area contributed by atoms with Crippen LogP contribution in [0.2, 0.25) is 0 Å². The van der Waals surface area contributed by atoms with Gasteiger partial charge in [-0.2, -0.15) is 0 Å². The highest BCUT2D eigenvalue weighted by Gasteiger charge is 2.35. The van der Waals surface area contributed by atoms with E-state index in [-0.39, 0.29) is 0 Å². The van der Waals surface area contributed by atoms with Gasteiger partial charge >= 0.3 is 0 Å². The first-order valence-corrected chi connectivity index (χ1v) is 8.33. The van der Waals surface area contributed by atoms with Gasteiger partial charge in [-0.15, -0.1) is 0 Å². The van der Waals surface area contributed by atoms with E-state index in [1.165, 1.54) is 44.1 Å². The molecule has 0 amide bonds. The van der Waals surface area contributed by atoms with E-state index >= 15 is 0 Å². The van der Waals surface area contributed by atoms with E-state index in [0.717, 1.165) is 30.6 Å². The first-order chi connectivity index (χ1) is 9.78. The van der Waals surface area contributed by atoms with Crippen molar-refractivity contribution in [3.8, 4) is 0 Å². The highest BCUT2D eigenvalue weighted by Crippen LogP contribution is 2.40. The molecule has 108 valence electrons. The van der Waals surface area contributed by atoms with Crippen LogP contribution in [0.25, 0.3) is 0 Å². The van der Waals surface area contributed by atoms with Crippen LogP contribution in [0.5, 0.6) is 0 Å². The molecule has 4 rings (SSSR count). The van der Waals surface area contributed by atoms with Crippen LogP contribution in [0.3, 0.4) is 0 Å². The molecule has 20 heavy (non-hydrogen) atoms. The molecular weight excluding hydrogens is 244 g/mol. The highest BCUT2D eigenvalue weighted by atomic mass is 15.2. The maximum Gasteiger partial charge on any atom is 0.0233 e. The third kappa shape index (κ3) is 2.64. The van der Waals surface area contributed by atoms with Gasteiger partial charge in [-0.1, -0.05) is 24.3 Å². The first-order valence-electron chi connectivity index (χ1n) is 8.33. The van der Waals surface area contributed by atoms with Crippen molar-refractivity contribution in [2.24, 2.45) is 0 Å². The summed E-state index contributed by atoms with van der Waals surface area (Å²) in [7, 11) is 2.32. The molecule has 2 atom stereocenters. The predicted molar refractivity (Wildman–Crippen MR) is 82.9 cm³/mol. The van der Waals surface area contributed by atoms with Crippen molar-refractivity contribution in [3.05, 3.63) is 35.4 Å². The van der Waals surface area contributed by atoms with Crippen molar-refractivity contribution in [3.63, 3.8) is 0 Å². The van der Waals surface area contributed by atoms with Gasteiger partial charge < -0.3 is 5.32 Å². The molecule has 1 saturated carbocycles. The maximum atomic E-state index is 3.74. The van der Waals surface area contributed by atoms with Gasteiger partial charge in [0.15, 0.2) is 0 Å². The number of benzene rings is 1. The molecule has 1 aromatic carbocycles. The molecule has 2 nitrogen and oxygen atoms in total. The van der Waals surface area contributed by atoms with Crippen molar-refractivity contribution in [2.75, 3.05) is 7.05 Å². The molecule has 3 aliphatic rings. The fourth-order valence-corrected chi connectivity index (χ4v) is 4.17. The molecule has 2 heterocycles. The quantitative estimate of drug-likeness (QED) is 0.903. The van der Waals surface area contributed by atoms with Gasteiger partial charge in [0.05, 0.1) is 0 Å². The van der Waals surface area contributed by atoms with Crippen LogP contribution in [-0.2, 0) is 6.54 Å². The van der Waals surface area contributed by atoms with Gasteiger partial charge in [-0.05, 0) is 62.6 Å². The van der Waals surface area contributed by atoms with E-state index in [2.05, 4.69) is 41.5 Å². The standard InChI is InChI=1S/C18H26N2/c1-20(18-10-16-7-8-17(11-18)19-16)12-13-3-2-4-15(9-13)14-5-6-14/h2-4,9,14,16-19H,5-8,10-12H2,1H3.